The average molecular weight is 290 g/mol. The zero-order valence-electron chi connectivity index (χ0n) is 12.1. The minimum atomic E-state index is 0.416. The summed E-state index contributed by atoms with van der Waals surface area (Å²) < 4.78 is 5.21. The predicted molar refractivity (Wildman–Crippen MR) is 85.8 cm³/mol. The van der Waals surface area contributed by atoms with E-state index in [9.17, 15) is 0 Å². The van der Waals surface area contributed by atoms with Crippen LogP contribution >= 0.6 is 11.6 Å². The van der Waals surface area contributed by atoms with Crippen LogP contribution in [0.5, 0.6) is 5.75 Å². The molecule has 106 valence electrons. The van der Waals surface area contributed by atoms with Gasteiger partial charge in [0.2, 0.25) is 0 Å². The van der Waals surface area contributed by atoms with Crippen LogP contribution in [0.25, 0.3) is 0 Å². The highest BCUT2D eigenvalue weighted by molar-refractivity contribution is 6.30. The highest BCUT2D eigenvalue weighted by Gasteiger charge is 2.11. The maximum atomic E-state index is 5.93. The van der Waals surface area contributed by atoms with Crippen LogP contribution in [-0.4, -0.2) is 13.2 Å². The summed E-state index contributed by atoms with van der Waals surface area (Å²) in [5.74, 6) is 0.879. The monoisotopic (exact) mass is 289 g/mol. The molecule has 0 saturated carbocycles. The van der Waals surface area contributed by atoms with Gasteiger partial charge in [0.1, 0.15) is 5.75 Å². The molecule has 0 atom stereocenters. The van der Waals surface area contributed by atoms with Crippen LogP contribution < -0.4 is 9.64 Å². The van der Waals surface area contributed by atoms with Crippen LogP contribution in [0.15, 0.2) is 48.5 Å². The van der Waals surface area contributed by atoms with Crippen molar-refractivity contribution in [3.05, 3.63) is 59.1 Å². The van der Waals surface area contributed by atoms with E-state index in [1.165, 1.54) is 11.3 Å². The predicted octanol–water partition coefficient (Wildman–Crippen LogP) is 4.76. The molecule has 2 aromatic carbocycles. The molecule has 0 aromatic heterocycles. The summed E-state index contributed by atoms with van der Waals surface area (Å²) in [5, 5.41) is 0.772. The molecule has 0 fully saturated rings. The summed E-state index contributed by atoms with van der Waals surface area (Å²) in [7, 11) is 1.68. The zero-order chi connectivity index (χ0) is 14.5. The molecule has 0 spiro atoms. The van der Waals surface area contributed by atoms with Gasteiger partial charge in [-0.1, -0.05) is 23.7 Å². The number of hydrogen-bond donors (Lipinski definition) is 0. The van der Waals surface area contributed by atoms with Crippen LogP contribution in [0.1, 0.15) is 19.4 Å². The summed E-state index contributed by atoms with van der Waals surface area (Å²) in [5.41, 5.74) is 2.44. The largest absolute Gasteiger partial charge is 0.497 e. The third-order valence-corrected chi connectivity index (χ3v) is 3.55. The van der Waals surface area contributed by atoms with Crippen LogP contribution in [-0.2, 0) is 6.54 Å². The van der Waals surface area contributed by atoms with Crippen molar-refractivity contribution in [3.63, 3.8) is 0 Å². The summed E-state index contributed by atoms with van der Waals surface area (Å²) in [6, 6.07) is 16.6. The molecule has 0 bridgehead atoms. The molecule has 3 heteroatoms. The highest BCUT2D eigenvalue weighted by Crippen LogP contribution is 2.23. The lowest BCUT2D eigenvalue weighted by atomic mass is 10.1. The number of benzene rings is 2. The molecule has 0 amide bonds. The van der Waals surface area contributed by atoms with Crippen molar-refractivity contribution < 1.29 is 4.74 Å². The van der Waals surface area contributed by atoms with Crippen LogP contribution in [0, 0.1) is 0 Å². The molecule has 0 heterocycles. The Morgan fingerprint density at radius 3 is 2.10 bits per heavy atom. The molecule has 2 nitrogen and oxygen atoms in total. The lowest BCUT2D eigenvalue weighted by Gasteiger charge is -2.29. The second kappa shape index (κ2) is 6.67. The van der Waals surface area contributed by atoms with Crippen molar-refractivity contribution in [3.8, 4) is 5.75 Å². The van der Waals surface area contributed by atoms with Crippen molar-refractivity contribution in [2.75, 3.05) is 12.0 Å². The quantitative estimate of drug-likeness (QED) is 0.786. The Kier molecular flexibility index (Phi) is 4.91. The molecule has 2 aromatic rings. The smallest absolute Gasteiger partial charge is 0.119 e. The van der Waals surface area contributed by atoms with Crippen LogP contribution in [0.2, 0.25) is 5.02 Å². The van der Waals surface area contributed by atoms with Gasteiger partial charge in [-0.2, -0.15) is 0 Å². The molecule has 0 aliphatic carbocycles. The van der Waals surface area contributed by atoms with E-state index in [0.29, 0.717) is 6.04 Å². The number of nitrogens with zero attached hydrogens (tertiary/aromatic N) is 1. The van der Waals surface area contributed by atoms with E-state index in [1.54, 1.807) is 7.11 Å². The molecular weight excluding hydrogens is 270 g/mol. The summed E-state index contributed by atoms with van der Waals surface area (Å²) in [4.78, 5) is 2.35. The third kappa shape index (κ3) is 3.67. The first-order valence-electron chi connectivity index (χ1n) is 6.75. The molecule has 20 heavy (non-hydrogen) atoms. The molecule has 2 rings (SSSR count). The van der Waals surface area contributed by atoms with Gasteiger partial charge in [0.15, 0.2) is 0 Å². The Labute approximate surface area is 125 Å². The van der Waals surface area contributed by atoms with Gasteiger partial charge in [0.05, 0.1) is 7.11 Å². The molecule has 0 aliphatic rings. The SMILES string of the molecule is COc1ccc(N(Cc2ccc(Cl)cc2)C(C)C)cc1. The minimum Gasteiger partial charge on any atom is -0.497 e. The van der Waals surface area contributed by atoms with Crippen molar-refractivity contribution in [1.29, 1.82) is 0 Å². The minimum absolute atomic E-state index is 0.416. The number of ether oxygens (including phenoxy) is 1. The fourth-order valence-corrected chi connectivity index (χ4v) is 2.26. The van der Waals surface area contributed by atoms with Gasteiger partial charge in [-0.3, -0.25) is 0 Å². The van der Waals surface area contributed by atoms with Gasteiger partial charge in [-0.05, 0) is 55.8 Å². The zero-order valence-corrected chi connectivity index (χ0v) is 12.9. The van der Waals surface area contributed by atoms with E-state index in [0.717, 1.165) is 17.3 Å². The lowest BCUT2D eigenvalue weighted by Crippen LogP contribution is -2.30. The molecular formula is C17H20ClNO. The number of rotatable bonds is 5. The fourth-order valence-electron chi connectivity index (χ4n) is 2.13. The lowest BCUT2D eigenvalue weighted by molar-refractivity contribution is 0.415. The molecule has 0 unspecified atom stereocenters. The fraction of sp³-hybridized carbons (Fsp3) is 0.294. The Morgan fingerprint density at radius 1 is 1.00 bits per heavy atom. The second-order valence-corrected chi connectivity index (χ2v) is 5.48. The van der Waals surface area contributed by atoms with E-state index < -0.39 is 0 Å². The van der Waals surface area contributed by atoms with Gasteiger partial charge >= 0.3 is 0 Å². The van der Waals surface area contributed by atoms with E-state index in [1.807, 2.05) is 24.3 Å². The number of anilines is 1. The van der Waals surface area contributed by atoms with Crippen molar-refractivity contribution in [2.24, 2.45) is 0 Å². The number of hydrogen-bond acceptors (Lipinski definition) is 2. The molecule has 0 aliphatic heterocycles. The Hall–Kier alpha value is -1.67. The maximum Gasteiger partial charge on any atom is 0.119 e. The van der Waals surface area contributed by atoms with E-state index >= 15 is 0 Å². The number of halogens is 1. The van der Waals surface area contributed by atoms with Gasteiger partial charge in [-0.25, -0.2) is 0 Å². The number of methoxy groups -OCH3 is 1. The standard InChI is InChI=1S/C17H20ClNO/c1-13(2)19(12-14-4-6-15(18)7-5-14)16-8-10-17(20-3)11-9-16/h4-11,13H,12H2,1-3H3. The van der Waals surface area contributed by atoms with Crippen LogP contribution in [0.3, 0.4) is 0 Å². The van der Waals surface area contributed by atoms with E-state index in [2.05, 4.69) is 43.0 Å². The van der Waals surface area contributed by atoms with Crippen molar-refractivity contribution in [1.82, 2.24) is 0 Å². The average Bonchev–Trinajstić information content (AvgIpc) is 2.46. The Morgan fingerprint density at radius 2 is 1.60 bits per heavy atom. The molecule has 0 radical (unpaired) electrons. The Balaban J connectivity index is 2.19. The van der Waals surface area contributed by atoms with E-state index in [-0.39, 0.29) is 0 Å². The van der Waals surface area contributed by atoms with Gasteiger partial charge in [0, 0.05) is 23.3 Å². The molecule has 0 saturated heterocycles. The van der Waals surface area contributed by atoms with Crippen molar-refractivity contribution in [2.45, 2.75) is 26.4 Å². The van der Waals surface area contributed by atoms with Crippen molar-refractivity contribution >= 4 is 17.3 Å². The summed E-state index contributed by atoms with van der Waals surface area (Å²) in [6.07, 6.45) is 0. The van der Waals surface area contributed by atoms with Crippen LogP contribution in [0.4, 0.5) is 5.69 Å². The van der Waals surface area contributed by atoms with E-state index in [4.69, 9.17) is 16.3 Å². The normalized spacial score (nSPS) is 10.7. The first kappa shape index (κ1) is 14.7. The first-order valence-corrected chi connectivity index (χ1v) is 7.13. The summed E-state index contributed by atoms with van der Waals surface area (Å²) in [6.45, 7) is 5.25. The first-order chi connectivity index (χ1) is 9.60. The second-order valence-electron chi connectivity index (χ2n) is 5.05. The maximum absolute atomic E-state index is 5.93. The molecule has 0 N–H and O–H groups in total. The topological polar surface area (TPSA) is 12.5 Å². The van der Waals surface area contributed by atoms with Gasteiger partial charge in [-0.15, -0.1) is 0 Å². The highest BCUT2D eigenvalue weighted by atomic mass is 35.5. The Bertz CT molecular complexity index is 534. The van der Waals surface area contributed by atoms with Gasteiger partial charge in [0.25, 0.3) is 0 Å². The summed E-state index contributed by atoms with van der Waals surface area (Å²) >= 11 is 5.93. The van der Waals surface area contributed by atoms with Gasteiger partial charge < -0.3 is 9.64 Å². The third-order valence-electron chi connectivity index (χ3n) is 3.29.